The highest BCUT2D eigenvalue weighted by Gasteiger charge is 2.36. The Bertz CT molecular complexity index is 966. The van der Waals surface area contributed by atoms with Crippen LogP contribution in [0, 0.1) is 0 Å². The summed E-state index contributed by atoms with van der Waals surface area (Å²) in [4.78, 5) is 16.2. The lowest BCUT2D eigenvalue weighted by atomic mass is 9.88. The van der Waals surface area contributed by atoms with Crippen molar-refractivity contribution < 1.29 is 19.4 Å². The van der Waals surface area contributed by atoms with Gasteiger partial charge in [-0.3, -0.25) is 14.6 Å². The van der Waals surface area contributed by atoms with Crippen LogP contribution in [0.15, 0.2) is 48.5 Å². The first-order chi connectivity index (χ1) is 19.2. The Morgan fingerprint density at radius 1 is 0.692 bits per heavy atom. The van der Waals surface area contributed by atoms with Gasteiger partial charge in [0.15, 0.2) is 0 Å². The largest absolute Gasteiger partial charge is 0.481 e. The van der Waals surface area contributed by atoms with Gasteiger partial charge in [-0.1, -0.05) is 81.1 Å². The molecule has 6 nitrogen and oxygen atoms in total. The molecule has 2 fully saturated rings. The SMILES string of the molecule is CCCCCCCc1ccc(C(C(c2ccc(CCCC(=O)O)cc2)N2CCOCC2)N2CCOCC2)cc1. The standard InChI is InChI=1S/C33H48N2O4/c1-2-3-4-5-6-8-27-11-15-29(16-12-27)32(34-19-23-38-24-20-34)33(35-21-25-39-26-22-35)30-17-13-28(14-18-30)9-7-10-31(36)37/h11-18,32-33H,2-10,19-26H2,1H3,(H,36,37). The minimum absolute atomic E-state index is 0.208. The van der Waals surface area contributed by atoms with E-state index in [4.69, 9.17) is 14.6 Å². The molecular formula is C33H48N2O4. The third kappa shape index (κ3) is 9.14. The van der Waals surface area contributed by atoms with E-state index in [1.807, 2.05) is 0 Å². The van der Waals surface area contributed by atoms with E-state index in [1.165, 1.54) is 54.4 Å². The van der Waals surface area contributed by atoms with Gasteiger partial charge in [0.1, 0.15) is 0 Å². The first kappa shape index (κ1) is 29.7. The molecular weight excluding hydrogens is 488 g/mol. The van der Waals surface area contributed by atoms with Crippen molar-refractivity contribution >= 4 is 5.97 Å². The average molecular weight is 537 g/mol. The van der Waals surface area contributed by atoms with Gasteiger partial charge >= 0.3 is 5.97 Å². The third-order valence-electron chi connectivity index (χ3n) is 8.24. The molecule has 2 unspecified atom stereocenters. The van der Waals surface area contributed by atoms with E-state index in [-0.39, 0.29) is 18.5 Å². The van der Waals surface area contributed by atoms with Crippen molar-refractivity contribution in [2.75, 3.05) is 52.6 Å². The van der Waals surface area contributed by atoms with E-state index in [2.05, 4.69) is 65.3 Å². The van der Waals surface area contributed by atoms with Gasteiger partial charge in [-0.05, 0) is 47.9 Å². The number of carboxylic acid groups (broad SMARTS) is 1. The van der Waals surface area contributed by atoms with E-state index < -0.39 is 5.97 Å². The molecule has 0 spiro atoms. The summed E-state index contributed by atoms with van der Waals surface area (Å²) in [5.41, 5.74) is 5.32. The summed E-state index contributed by atoms with van der Waals surface area (Å²) in [6, 6.07) is 18.8. The molecule has 0 aromatic heterocycles. The van der Waals surface area contributed by atoms with Crippen molar-refractivity contribution in [1.82, 2.24) is 9.80 Å². The van der Waals surface area contributed by atoms with Gasteiger partial charge in [0, 0.05) is 32.6 Å². The van der Waals surface area contributed by atoms with Crippen LogP contribution in [0.3, 0.4) is 0 Å². The van der Waals surface area contributed by atoms with Gasteiger partial charge in [-0.2, -0.15) is 0 Å². The zero-order valence-corrected chi connectivity index (χ0v) is 23.9. The molecule has 0 radical (unpaired) electrons. The van der Waals surface area contributed by atoms with Crippen LogP contribution in [0.2, 0.25) is 0 Å². The highest BCUT2D eigenvalue weighted by Crippen LogP contribution is 2.40. The molecule has 2 saturated heterocycles. The molecule has 0 saturated carbocycles. The summed E-state index contributed by atoms with van der Waals surface area (Å²) in [6.45, 7) is 9.02. The first-order valence-corrected chi connectivity index (χ1v) is 15.2. The number of ether oxygens (including phenoxy) is 2. The van der Waals surface area contributed by atoms with Gasteiger partial charge < -0.3 is 14.6 Å². The maximum Gasteiger partial charge on any atom is 0.303 e. The summed E-state index contributed by atoms with van der Waals surface area (Å²) in [5.74, 6) is -0.727. The van der Waals surface area contributed by atoms with E-state index in [0.29, 0.717) is 6.42 Å². The quantitative estimate of drug-likeness (QED) is 0.280. The predicted octanol–water partition coefficient (Wildman–Crippen LogP) is 6.05. The number of carbonyl (C=O) groups is 1. The number of hydrogen-bond acceptors (Lipinski definition) is 5. The Hall–Kier alpha value is -2.25. The summed E-state index contributed by atoms with van der Waals surface area (Å²) >= 11 is 0. The van der Waals surface area contributed by atoms with E-state index in [1.54, 1.807) is 0 Å². The summed E-state index contributed by atoms with van der Waals surface area (Å²) in [6.07, 6.45) is 9.38. The molecule has 2 aromatic carbocycles. The van der Waals surface area contributed by atoms with Crippen molar-refractivity contribution in [2.45, 2.75) is 76.8 Å². The van der Waals surface area contributed by atoms with Crippen molar-refractivity contribution in [3.63, 3.8) is 0 Å². The maximum atomic E-state index is 10.9. The molecule has 1 N–H and O–H groups in total. The van der Waals surface area contributed by atoms with Crippen LogP contribution >= 0.6 is 0 Å². The summed E-state index contributed by atoms with van der Waals surface area (Å²) in [5, 5.41) is 9.01. The third-order valence-corrected chi connectivity index (χ3v) is 8.24. The molecule has 39 heavy (non-hydrogen) atoms. The summed E-state index contributed by atoms with van der Waals surface area (Å²) in [7, 11) is 0. The molecule has 2 atom stereocenters. The zero-order chi connectivity index (χ0) is 27.3. The maximum absolute atomic E-state index is 10.9. The Kier molecular flexibility index (Phi) is 12.3. The fraction of sp³-hybridized carbons (Fsp3) is 0.606. The van der Waals surface area contributed by atoms with Crippen LogP contribution in [0.1, 0.15) is 86.2 Å². The summed E-state index contributed by atoms with van der Waals surface area (Å²) < 4.78 is 11.5. The minimum atomic E-state index is -0.727. The smallest absolute Gasteiger partial charge is 0.303 e. The molecule has 6 heteroatoms. The van der Waals surface area contributed by atoms with Crippen molar-refractivity contribution in [3.05, 3.63) is 70.8 Å². The van der Waals surface area contributed by atoms with Gasteiger partial charge in [-0.25, -0.2) is 0 Å². The topological polar surface area (TPSA) is 62.2 Å². The number of benzene rings is 2. The van der Waals surface area contributed by atoms with Crippen molar-refractivity contribution in [2.24, 2.45) is 0 Å². The lowest BCUT2D eigenvalue weighted by Gasteiger charge is -2.45. The number of unbranched alkanes of at least 4 members (excludes halogenated alkanes) is 4. The number of hydrogen-bond donors (Lipinski definition) is 1. The van der Waals surface area contributed by atoms with Crippen LogP contribution in [0.5, 0.6) is 0 Å². The highest BCUT2D eigenvalue weighted by atomic mass is 16.5. The van der Waals surface area contributed by atoms with E-state index >= 15 is 0 Å². The Balaban J connectivity index is 1.57. The number of nitrogens with zero attached hydrogens (tertiary/aromatic N) is 2. The van der Waals surface area contributed by atoms with Crippen LogP contribution in [0.4, 0.5) is 0 Å². The second-order valence-corrected chi connectivity index (χ2v) is 11.1. The Morgan fingerprint density at radius 2 is 1.13 bits per heavy atom. The van der Waals surface area contributed by atoms with Crippen LogP contribution in [0.25, 0.3) is 0 Å². The molecule has 0 bridgehead atoms. The fourth-order valence-corrected chi connectivity index (χ4v) is 6.04. The first-order valence-electron chi connectivity index (χ1n) is 15.2. The molecule has 0 amide bonds. The molecule has 4 rings (SSSR count). The van der Waals surface area contributed by atoms with Crippen molar-refractivity contribution in [1.29, 1.82) is 0 Å². The van der Waals surface area contributed by atoms with Crippen molar-refractivity contribution in [3.8, 4) is 0 Å². The van der Waals surface area contributed by atoms with Gasteiger partial charge in [-0.15, -0.1) is 0 Å². The van der Waals surface area contributed by atoms with Gasteiger partial charge in [0.2, 0.25) is 0 Å². The fourth-order valence-electron chi connectivity index (χ4n) is 6.04. The molecule has 0 aliphatic carbocycles. The highest BCUT2D eigenvalue weighted by molar-refractivity contribution is 5.66. The molecule has 2 aliphatic rings. The number of aliphatic carboxylic acids is 1. The van der Waals surface area contributed by atoms with Crippen LogP contribution in [-0.4, -0.2) is 73.5 Å². The van der Waals surface area contributed by atoms with Crippen LogP contribution < -0.4 is 0 Å². The van der Waals surface area contributed by atoms with Gasteiger partial charge in [0.25, 0.3) is 0 Å². The molecule has 2 heterocycles. The lowest BCUT2D eigenvalue weighted by Crippen LogP contribution is -2.48. The zero-order valence-electron chi connectivity index (χ0n) is 23.9. The van der Waals surface area contributed by atoms with E-state index in [9.17, 15) is 4.79 Å². The second kappa shape index (κ2) is 16.1. The average Bonchev–Trinajstić information content (AvgIpc) is 2.97. The number of rotatable bonds is 15. The second-order valence-electron chi connectivity index (χ2n) is 11.1. The number of carboxylic acids is 1. The van der Waals surface area contributed by atoms with E-state index in [0.717, 1.165) is 65.4 Å². The molecule has 2 aliphatic heterocycles. The van der Waals surface area contributed by atoms with Gasteiger partial charge in [0.05, 0.1) is 38.5 Å². The lowest BCUT2D eigenvalue weighted by molar-refractivity contribution is -0.137. The number of morpholine rings is 2. The monoisotopic (exact) mass is 536 g/mol. The normalized spacial score (nSPS) is 18.6. The Morgan fingerprint density at radius 3 is 1.56 bits per heavy atom. The minimum Gasteiger partial charge on any atom is -0.481 e. The predicted molar refractivity (Wildman–Crippen MR) is 156 cm³/mol. The molecule has 214 valence electrons. The number of aryl methyl sites for hydroxylation is 2. The molecule has 2 aromatic rings. The Labute approximate surface area is 235 Å². The van der Waals surface area contributed by atoms with Crippen LogP contribution in [-0.2, 0) is 27.1 Å².